The Morgan fingerprint density at radius 2 is 1.50 bits per heavy atom. The minimum atomic E-state index is -0.532. The van der Waals surface area contributed by atoms with Crippen LogP contribution in [0.3, 0.4) is 0 Å². The fourth-order valence-corrected chi connectivity index (χ4v) is 0.411. The lowest BCUT2D eigenvalue weighted by molar-refractivity contribution is 0.671. The molecule has 6 nitrogen and oxygen atoms in total. The molecule has 0 aliphatic heterocycles. The first-order valence-corrected chi connectivity index (χ1v) is 2.56. The summed E-state index contributed by atoms with van der Waals surface area (Å²) in [6.07, 6.45) is -0.532. The van der Waals surface area contributed by atoms with E-state index in [1.807, 2.05) is 0 Å². The molecule has 0 aromatic carbocycles. The van der Waals surface area contributed by atoms with Crippen LogP contribution in [0.2, 0.25) is 0 Å². The molecule has 0 atom stereocenters. The van der Waals surface area contributed by atoms with E-state index in [1.54, 1.807) is 0 Å². The molecule has 10 heavy (non-hydrogen) atoms. The highest BCUT2D eigenvalue weighted by Crippen LogP contribution is 1.68. The molecule has 0 amide bonds. The first kappa shape index (κ1) is 8.54. The first-order valence-electron chi connectivity index (χ1n) is 2.56. The maximum Gasteiger partial charge on any atom is 0.187 e. The molecule has 0 aliphatic rings. The van der Waals surface area contributed by atoms with Crippen molar-refractivity contribution in [2.75, 3.05) is 0 Å². The largest absolute Gasteiger partial charge is 0.370 e. The van der Waals surface area contributed by atoms with Gasteiger partial charge in [0, 0.05) is 0 Å². The van der Waals surface area contributed by atoms with Crippen LogP contribution in [0.1, 0.15) is 0 Å². The van der Waals surface area contributed by atoms with Gasteiger partial charge in [-0.1, -0.05) is 0 Å². The number of hydrogen-bond acceptors (Lipinski definition) is 2. The average molecular weight is 143 g/mol. The van der Waals surface area contributed by atoms with Crippen molar-refractivity contribution in [3.8, 4) is 0 Å². The van der Waals surface area contributed by atoms with E-state index in [2.05, 4.69) is 17.6 Å². The van der Waals surface area contributed by atoms with Gasteiger partial charge in [0.25, 0.3) is 0 Å². The van der Waals surface area contributed by atoms with Crippen LogP contribution in [-0.4, -0.2) is 18.1 Å². The van der Waals surface area contributed by atoms with Gasteiger partial charge in [-0.05, 0) is 6.92 Å². The van der Waals surface area contributed by atoms with E-state index < -0.39 is 6.17 Å². The van der Waals surface area contributed by atoms with Crippen molar-refractivity contribution in [2.24, 2.45) is 11.5 Å². The van der Waals surface area contributed by atoms with Crippen molar-refractivity contribution < 1.29 is 0 Å². The lowest BCUT2D eigenvalue weighted by atomic mass is 10.5. The van der Waals surface area contributed by atoms with E-state index in [-0.39, 0.29) is 11.9 Å². The zero-order valence-electron chi connectivity index (χ0n) is 5.44. The third-order valence-electron chi connectivity index (χ3n) is 0.659. The molecule has 0 saturated heterocycles. The molecular weight excluding hydrogens is 132 g/mol. The van der Waals surface area contributed by atoms with Crippen molar-refractivity contribution in [2.45, 2.75) is 6.17 Å². The van der Waals surface area contributed by atoms with Crippen molar-refractivity contribution in [1.29, 1.82) is 10.8 Å². The number of rotatable bonds is 2. The van der Waals surface area contributed by atoms with E-state index in [4.69, 9.17) is 22.3 Å². The standard InChI is InChI=1S/C4H11N6/c1-2(9-3(5)6)10-4(7)8/h2H,1H2,(H4,5,6,9)(H4,7,8,10). The van der Waals surface area contributed by atoms with Crippen LogP contribution in [0.25, 0.3) is 0 Å². The predicted molar refractivity (Wildman–Crippen MR) is 39.2 cm³/mol. The molecule has 1 radical (unpaired) electrons. The molecule has 6 heteroatoms. The fourth-order valence-electron chi connectivity index (χ4n) is 0.411. The molecule has 8 N–H and O–H groups in total. The second-order valence-corrected chi connectivity index (χ2v) is 1.67. The highest BCUT2D eigenvalue weighted by atomic mass is 15.2. The summed E-state index contributed by atoms with van der Waals surface area (Å²) in [6, 6.07) is 0. The summed E-state index contributed by atoms with van der Waals surface area (Å²) in [7, 11) is 0. The van der Waals surface area contributed by atoms with E-state index in [0.717, 1.165) is 0 Å². The highest BCUT2D eigenvalue weighted by Gasteiger charge is 1.99. The van der Waals surface area contributed by atoms with Gasteiger partial charge in [-0.15, -0.1) is 0 Å². The summed E-state index contributed by atoms with van der Waals surface area (Å²) in [5.41, 5.74) is 9.90. The van der Waals surface area contributed by atoms with Crippen molar-refractivity contribution in [3.63, 3.8) is 0 Å². The van der Waals surface area contributed by atoms with Crippen LogP contribution < -0.4 is 22.1 Å². The van der Waals surface area contributed by atoms with Crippen LogP contribution in [0.5, 0.6) is 0 Å². The maximum absolute atomic E-state index is 6.74. The monoisotopic (exact) mass is 143 g/mol. The molecule has 0 bridgehead atoms. The SMILES string of the molecule is [CH2]C(NC(=N)N)NC(=N)N. The number of nitrogens with two attached hydrogens (primary N) is 2. The van der Waals surface area contributed by atoms with Gasteiger partial charge in [0.05, 0.1) is 0 Å². The molecule has 0 saturated carbocycles. The molecule has 0 aliphatic carbocycles. The zero-order valence-corrected chi connectivity index (χ0v) is 5.44. The van der Waals surface area contributed by atoms with Gasteiger partial charge < -0.3 is 22.1 Å². The fraction of sp³-hybridized carbons (Fsp3) is 0.250. The van der Waals surface area contributed by atoms with Crippen molar-refractivity contribution in [1.82, 2.24) is 10.6 Å². The van der Waals surface area contributed by atoms with Crippen LogP contribution >= 0.6 is 0 Å². The highest BCUT2D eigenvalue weighted by molar-refractivity contribution is 5.77. The zero-order chi connectivity index (χ0) is 8.15. The molecule has 0 unspecified atom stereocenters. The Kier molecular flexibility index (Phi) is 3.03. The van der Waals surface area contributed by atoms with Crippen LogP contribution in [0.4, 0.5) is 0 Å². The minimum Gasteiger partial charge on any atom is -0.370 e. The van der Waals surface area contributed by atoms with E-state index in [0.29, 0.717) is 0 Å². The smallest absolute Gasteiger partial charge is 0.187 e. The lowest BCUT2D eigenvalue weighted by Crippen LogP contribution is -2.50. The van der Waals surface area contributed by atoms with E-state index >= 15 is 0 Å². The Morgan fingerprint density at radius 1 is 1.20 bits per heavy atom. The van der Waals surface area contributed by atoms with Crippen LogP contribution in [-0.2, 0) is 0 Å². The summed E-state index contributed by atoms with van der Waals surface area (Å²) in [5.74, 6) is -0.428. The van der Waals surface area contributed by atoms with Crippen molar-refractivity contribution >= 4 is 11.9 Å². The van der Waals surface area contributed by atoms with Gasteiger partial charge in [-0.3, -0.25) is 10.8 Å². The third kappa shape index (κ3) is 4.69. The van der Waals surface area contributed by atoms with E-state index in [1.165, 1.54) is 0 Å². The van der Waals surface area contributed by atoms with Crippen LogP contribution in [0.15, 0.2) is 0 Å². The summed E-state index contributed by atoms with van der Waals surface area (Å²) < 4.78 is 0. The molecule has 0 fully saturated rings. The number of guanidine groups is 2. The quantitative estimate of drug-likeness (QED) is 0.154. The van der Waals surface area contributed by atoms with Gasteiger partial charge in [-0.2, -0.15) is 0 Å². The molecular formula is C4H11N6. The molecule has 0 rings (SSSR count). The second-order valence-electron chi connectivity index (χ2n) is 1.67. The van der Waals surface area contributed by atoms with Gasteiger partial charge in [-0.25, -0.2) is 0 Å². The molecule has 0 heterocycles. The Balaban J connectivity index is 3.53. The average Bonchev–Trinajstić information content (AvgIpc) is 1.58. The van der Waals surface area contributed by atoms with Gasteiger partial charge in [0.2, 0.25) is 0 Å². The third-order valence-corrected chi connectivity index (χ3v) is 0.659. The van der Waals surface area contributed by atoms with Gasteiger partial charge in [0.1, 0.15) is 6.17 Å². The lowest BCUT2D eigenvalue weighted by Gasteiger charge is -2.14. The minimum absolute atomic E-state index is 0.214. The Morgan fingerprint density at radius 3 is 1.70 bits per heavy atom. The normalized spacial score (nSPS) is 11.7. The first-order chi connectivity index (χ1) is 4.52. The molecule has 57 valence electrons. The summed E-state index contributed by atoms with van der Waals surface area (Å²) in [4.78, 5) is 0. The summed E-state index contributed by atoms with van der Waals surface area (Å²) >= 11 is 0. The topological polar surface area (TPSA) is 124 Å². The van der Waals surface area contributed by atoms with Crippen molar-refractivity contribution in [3.05, 3.63) is 6.92 Å². The molecule has 0 aromatic rings. The van der Waals surface area contributed by atoms with Gasteiger partial charge in [0.15, 0.2) is 11.9 Å². The second kappa shape index (κ2) is 3.54. The number of nitrogens with one attached hydrogen (secondary N) is 4. The Hall–Kier alpha value is -1.46. The summed E-state index contributed by atoms with van der Waals surface area (Å²) in [5, 5.41) is 18.3. The number of hydrogen-bond donors (Lipinski definition) is 6. The molecule has 0 aromatic heterocycles. The van der Waals surface area contributed by atoms with Crippen LogP contribution in [0, 0.1) is 17.7 Å². The molecule has 0 spiro atoms. The summed E-state index contributed by atoms with van der Waals surface area (Å²) in [6.45, 7) is 3.45. The van der Waals surface area contributed by atoms with E-state index in [9.17, 15) is 0 Å². The Labute approximate surface area is 59.0 Å². The maximum atomic E-state index is 6.74. The van der Waals surface area contributed by atoms with Gasteiger partial charge >= 0.3 is 0 Å². The predicted octanol–water partition coefficient (Wildman–Crippen LogP) is -1.89. The Bertz CT molecular complexity index is 125.